The van der Waals surface area contributed by atoms with Crippen LogP contribution in [0.5, 0.6) is 0 Å². The number of guanidine groups is 1. The van der Waals surface area contributed by atoms with Gasteiger partial charge in [-0.3, -0.25) is 4.99 Å². The monoisotopic (exact) mass is 262 g/mol. The third kappa shape index (κ3) is 3.56. The lowest BCUT2D eigenvalue weighted by Gasteiger charge is -2.11. The molecule has 1 aromatic rings. The normalized spacial score (nSPS) is 15.5. The first kappa shape index (κ1) is 13.6. The van der Waals surface area contributed by atoms with Crippen molar-refractivity contribution in [2.75, 3.05) is 13.6 Å². The van der Waals surface area contributed by atoms with Crippen molar-refractivity contribution < 1.29 is 0 Å². The maximum Gasteiger partial charge on any atom is 0.191 e. The molecule has 19 heavy (non-hydrogen) atoms. The number of rotatable bonds is 4. The Morgan fingerprint density at radius 3 is 3.05 bits per heavy atom. The Kier molecular flexibility index (Phi) is 4.94. The molecule has 1 aliphatic heterocycles. The molecule has 0 saturated heterocycles. The predicted octanol–water partition coefficient (Wildman–Crippen LogP) is 0.855. The number of aliphatic imine (C=N–C) groups is 1. The Morgan fingerprint density at radius 2 is 2.26 bits per heavy atom. The Balaban J connectivity index is 1.96. The zero-order valence-electron chi connectivity index (χ0n) is 11.5. The maximum absolute atomic E-state index is 4.28. The van der Waals surface area contributed by atoms with Gasteiger partial charge in [-0.15, -0.1) is 16.8 Å². The molecular formula is C13H22N6. The van der Waals surface area contributed by atoms with E-state index >= 15 is 0 Å². The quantitative estimate of drug-likeness (QED) is 0.480. The summed E-state index contributed by atoms with van der Waals surface area (Å²) in [5.41, 5.74) is 0. The van der Waals surface area contributed by atoms with Gasteiger partial charge < -0.3 is 15.2 Å². The highest BCUT2D eigenvalue weighted by Gasteiger charge is 2.14. The van der Waals surface area contributed by atoms with E-state index in [0.717, 1.165) is 30.6 Å². The molecule has 2 rings (SSSR count). The molecule has 0 atom stereocenters. The molecule has 0 fully saturated rings. The minimum Gasteiger partial charge on any atom is -0.353 e. The highest BCUT2D eigenvalue weighted by molar-refractivity contribution is 5.79. The van der Waals surface area contributed by atoms with Crippen LogP contribution in [0.2, 0.25) is 0 Å². The summed E-state index contributed by atoms with van der Waals surface area (Å²) in [5, 5.41) is 14.9. The number of nitrogens with zero attached hydrogens (tertiary/aromatic N) is 4. The summed E-state index contributed by atoms with van der Waals surface area (Å²) in [5.74, 6) is 2.85. The van der Waals surface area contributed by atoms with E-state index in [4.69, 9.17) is 0 Å². The molecule has 1 aliphatic rings. The number of nitrogens with one attached hydrogen (secondary N) is 2. The van der Waals surface area contributed by atoms with E-state index in [1.807, 2.05) is 0 Å². The summed E-state index contributed by atoms with van der Waals surface area (Å²) in [6, 6.07) is 0. The molecular weight excluding hydrogens is 240 g/mol. The fourth-order valence-electron chi connectivity index (χ4n) is 2.23. The summed E-state index contributed by atoms with van der Waals surface area (Å²) in [6.45, 7) is 6.03. The van der Waals surface area contributed by atoms with Crippen molar-refractivity contribution in [1.82, 2.24) is 25.4 Å². The van der Waals surface area contributed by atoms with Gasteiger partial charge in [0.25, 0.3) is 0 Å². The van der Waals surface area contributed by atoms with Gasteiger partial charge in [-0.1, -0.05) is 12.5 Å². The van der Waals surface area contributed by atoms with Crippen LogP contribution in [0.3, 0.4) is 0 Å². The van der Waals surface area contributed by atoms with Gasteiger partial charge in [0.1, 0.15) is 5.82 Å². The van der Waals surface area contributed by atoms with Crippen molar-refractivity contribution in [1.29, 1.82) is 0 Å². The zero-order valence-corrected chi connectivity index (χ0v) is 11.5. The molecule has 0 unspecified atom stereocenters. The zero-order chi connectivity index (χ0) is 13.5. The second-order valence-electron chi connectivity index (χ2n) is 4.59. The number of fused-ring (bicyclic) bond motifs is 1. The lowest BCUT2D eigenvalue weighted by molar-refractivity contribution is 0.597. The SMILES string of the molecule is C=CCNC(=NC)NCc1nnc2n1CCCCC2. The van der Waals surface area contributed by atoms with E-state index in [2.05, 4.69) is 37.0 Å². The van der Waals surface area contributed by atoms with Gasteiger partial charge in [-0.25, -0.2) is 0 Å². The Labute approximate surface area is 114 Å². The first-order valence-corrected chi connectivity index (χ1v) is 6.81. The van der Waals surface area contributed by atoms with Crippen LogP contribution in [0.25, 0.3) is 0 Å². The van der Waals surface area contributed by atoms with E-state index in [9.17, 15) is 0 Å². The van der Waals surface area contributed by atoms with E-state index in [0.29, 0.717) is 13.1 Å². The van der Waals surface area contributed by atoms with Crippen LogP contribution < -0.4 is 10.6 Å². The van der Waals surface area contributed by atoms with Gasteiger partial charge >= 0.3 is 0 Å². The molecule has 0 bridgehead atoms. The first-order chi connectivity index (χ1) is 9.35. The molecule has 6 heteroatoms. The fourth-order valence-corrected chi connectivity index (χ4v) is 2.23. The molecule has 0 spiro atoms. The average Bonchev–Trinajstić information content (AvgIpc) is 2.67. The highest BCUT2D eigenvalue weighted by atomic mass is 15.3. The molecule has 0 aromatic carbocycles. The van der Waals surface area contributed by atoms with Crippen molar-refractivity contribution in [3.63, 3.8) is 0 Å². The highest BCUT2D eigenvalue weighted by Crippen LogP contribution is 2.14. The largest absolute Gasteiger partial charge is 0.353 e. The Bertz CT molecular complexity index is 448. The van der Waals surface area contributed by atoms with Crippen LogP contribution in [-0.2, 0) is 19.5 Å². The topological polar surface area (TPSA) is 67.1 Å². The van der Waals surface area contributed by atoms with Gasteiger partial charge in [0.05, 0.1) is 6.54 Å². The smallest absolute Gasteiger partial charge is 0.191 e. The molecule has 0 aliphatic carbocycles. The van der Waals surface area contributed by atoms with Crippen LogP contribution in [0, 0.1) is 0 Å². The first-order valence-electron chi connectivity index (χ1n) is 6.81. The van der Waals surface area contributed by atoms with Crippen molar-refractivity contribution in [2.24, 2.45) is 4.99 Å². The van der Waals surface area contributed by atoms with Gasteiger partial charge in [-0.05, 0) is 12.8 Å². The number of hydrogen-bond donors (Lipinski definition) is 2. The summed E-state index contributed by atoms with van der Waals surface area (Å²) in [4.78, 5) is 4.14. The third-order valence-corrected chi connectivity index (χ3v) is 3.24. The van der Waals surface area contributed by atoms with Gasteiger partial charge in [0.2, 0.25) is 0 Å². The van der Waals surface area contributed by atoms with Gasteiger partial charge in [0, 0.05) is 26.6 Å². The van der Waals surface area contributed by atoms with Gasteiger partial charge in [-0.2, -0.15) is 0 Å². The molecule has 0 radical (unpaired) electrons. The predicted molar refractivity (Wildman–Crippen MR) is 76.0 cm³/mol. The van der Waals surface area contributed by atoms with E-state index in [-0.39, 0.29) is 0 Å². The summed E-state index contributed by atoms with van der Waals surface area (Å²) in [7, 11) is 1.75. The molecule has 1 aromatic heterocycles. The molecule has 6 nitrogen and oxygen atoms in total. The van der Waals surface area contributed by atoms with E-state index in [1.54, 1.807) is 13.1 Å². The lowest BCUT2D eigenvalue weighted by Crippen LogP contribution is -2.37. The van der Waals surface area contributed by atoms with Crippen LogP contribution in [-0.4, -0.2) is 34.3 Å². The Hall–Kier alpha value is -1.85. The number of aromatic nitrogens is 3. The third-order valence-electron chi connectivity index (χ3n) is 3.24. The summed E-state index contributed by atoms with van der Waals surface area (Å²) < 4.78 is 2.24. The molecule has 104 valence electrons. The lowest BCUT2D eigenvalue weighted by atomic mass is 10.2. The van der Waals surface area contributed by atoms with Crippen molar-refractivity contribution >= 4 is 5.96 Å². The van der Waals surface area contributed by atoms with Crippen LogP contribution in [0.1, 0.15) is 30.9 Å². The summed E-state index contributed by atoms with van der Waals surface area (Å²) in [6.07, 6.45) is 6.54. The van der Waals surface area contributed by atoms with Crippen molar-refractivity contribution in [2.45, 2.75) is 38.8 Å². The fraction of sp³-hybridized carbons (Fsp3) is 0.615. The minimum absolute atomic E-state index is 0.643. The number of aryl methyl sites for hydroxylation is 1. The minimum atomic E-state index is 0.643. The van der Waals surface area contributed by atoms with Crippen molar-refractivity contribution in [3.05, 3.63) is 24.3 Å². The molecule has 0 saturated carbocycles. The van der Waals surface area contributed by atoms with E-state index < -0.39 is 0 Å². The molecule has 2 heterocycles. The van der Waals surface area contributed by atoms with Crippen LogP contribution in [0.15, 0.2) is 17.6 Å². The second kappa shape index (κ2) is 6.92. The molecule has 2 N–H and O–H groups in total. The second-order valence-corrected chi connectivity index (χ2v) is 4.59. The molecule has 0 amide bonds. The van der Waals surface area contributed by atoms with Gasteiger partial charge in [0.15, 0.2) is 11.8 Å². The average molecular weight is 262 g/mol. The number of hydrogen-bond acceptors (Lipinski definition) is 3. The maximum atomic E-state index is 4.28. The van der Waals surface area contributed by atoms with Crippen LogP contribution >= 0.6 is 0 Å². The van der Waals surface area contributed by atoms with Crippen molar-refractivity contribution in [3.8, 4) is 0 Å². The van der Waals surface area contributed by atoms with Crippen LogP contribution in [0.4, 0.5) is 0 Å². The van der Waals surface area contributed by atoms with E-state index in [1.165, 1.54) is 19.3 Å². The standard InChI is InChI=1S/C13H22N6/c1-3-8-15-13(14-2)16-10-12-18-17-11-7-5-4-6-9-19(11)12/h3H,1,4-10H2,2H3,(H2,14,15,16). The Morgan fingerprint density at radius 1 is 1.37 bits per heavy atom. The summed E-state index contributed by atoms with van der Waals surface area (Å²) >= 11 is 0.